The van der Waals surface area contributed by atoms with Crippen molar-refractivity contribution < 1.29 is 18.6 Å². The van der Waals surface area contributed by atoms with E-state index in [1.54, 1.807) is 19.2 Å². The molecule has 2 aromatic rings. The minimum atomic E-state index is -0.257. The average Bonchev–Trinajstić information content (AvgIpc) is 3.15. The van der Waals surface area contributed by atoms with Crippen LogP contribution in [-0.2, 0) is 17.9 Å². The predicted octanol–water partition coefficient (Wildman–Crippen LogP) is 4.87. The van der Waals surface area contributed by atoms with E-state index in [-0.39, 0.29) is 18.2 Å². The van der Waals surface area contributed by atoms with Gasteiger partial charge in [0.15, 0.2) is 11.5 Å². The first-order valence-electron chi connectivity index (χ1n) is 8.71. The zero-order chi connectivity index (χ0) is 18.4. The van der Waals surface area contributed by atoms with Crippen LogP contribution in [0.1, 0.15) is 24.0 Å². The quantitative estimate of drug-likeness (QED) is 0.610. The average molecular weight is 461 g/mol. The Balaban J connectivity index is 0.00000261. The van der Waals surface area contributed by atoms with Gasteiger partial charge in [0.2, 0.25) is 0 Å². The molecule has 0 aromatic heterocycles. The molecule has 148 valence electrons. The first kappa shape index (κ1) is 22.0. The fraction of sp³-hybridized carbons (Fsp3) is 0.400. The fourth-order valence-electron chi connectivity index (χ4n) is 2.93. The zero-order valence-corrected chi connectivity index (χ0v) is 17.6. The third-order valence-electron chi connectivity index (χ3n) is 4.31. The van der Waals surface area contributed by atoms with Crippen molar-refractivity contribution in [1.29, 1.82) is 0 Å². The maximum Gasteiger partial charge on any atom is 0.175 e. The van der Waals surface area contributed by atoms with E-state index in [2.05, 4.69) is 21.2 Å². The molecule has 7 heteroatoms. The Morgan fingerprint density at radius 1 is 1.22 bits per heavy atom. The largest absolute Gasteiger partial charge is 0.493 e. The van der Waals surface area contributed by atoms with Crippen molar-refractivity contribution in [2.75, 3.05) is 20.3 Å². The summed E-state index contributed by atoms with van der Waals surface area (Å²) in [6.45, 7) is 2.79. The summed E-state index contributed by atoms with van der Waals surface area (Å²) in [5.41, 5.74) is 1.99. The highest BCUT2D eigenvalue weighted by Crippen LogP contribution is 2.37. The molecule has 1 heterocycles. The number of halogens is 3. The van der Waals surface area contributed by atoms with E-state index >= 15 is 0 Å². The molecule has 2 aromatic carbocycles. The highest BCUT2D eigenvalue weighted by molar-refractivity contribution is 9.10. The maximum absolute atomic E-state index is 13.0. The highest BCUT2D eigenvalue weighted by Gasteiger charge is 2.16. The van der Waals surface area contributed by atoms with Gasteiger partial charge in [-0.3, -0.25) is 0 Å². The highest BCUT2D eigenvalue weighted by atomic mass is 79.9. The Morgan fingerprint density at radius 2 is 2.00 bits per heavy atom. The standard InChI is InChI=1S/C20H23BrFNO3.ClH/c1-24-19-10-15(11-23-12-17-3-2-8-25-17)9-18(21)20(19)26-13-14-4-6-16(22)7-5-14;/h4-7,9-10,17,23H,2-3,8,11-13H2,1H3;1H. The molecule has 0 saturated carbocycles. The molecule has 1 aliphatic rings. The fourth-order valence-corrected chi connectivity index (χ4v) is 3.54. The number of methoxy groups -OCH3 is 1. The van der Waals surface area contributed by atoms with Crippen molar-refractivity contribution in [3.8, 4) is 11.5 Å². The van der Waals surface area contributed by atoms with Crippen molar-refractivity contribution in [3.63, 3.8) is 0 Å². The lowest BCUT2D eigenvalue weighted by Crippen LogP contribution is -2.25. The Bertz CT molecular complexity index is 724. The van der Waals surface area contributed by atoms with Crippen LogP contribution in [0.4, 0.5) is 4.39 Å². The molecule has 0 amide bonds. The van der Waals surface area contributed by atoms with E-state index < -0.39 is 0 Å². The van der Waals surface area contributed by atoms with Gasteiger partial charge in [-0.05, 0) is 64.2 Å². The minimum absolute atomic E-state index is 0. The summed E-state index contributed by atoms with van der Waals surface area (Å²) in [7, 11) is 1.62. The van der Waals surface area contributed by atoms with Crippen LogP contribution in [0.5, 0.6) is 11.5 Å². The number of nitrogens with one attached hydrogen (secondary N) is 1. The SMILES string of the molecule is COc1cc(CNCC2CCCO2)cc(Br)c1OCc1ccc(F)cc1.Cl. The lowest BCUT2D eigenvalue weighted by atomic mass is 10.2. The number of ether oxygens (including phenoxy) is 3. The van der Waals surface area contributed by atoms with Gasteiger partial charge in [0, 0.05) is 19.7 Å². The van der Waals surface area contributed by atoms with Gasteiger partial charge in [0.05, 0.1) is 17.7 Å². The molecule has 0 aliphatic carbocycles. The summed E-state index contributed by atoms with van der Waals surface area (Å²) < 4.78 is 30.8. The van der Waals surface area contributed by atoms with Crippen molar-refractivity contribution in [3.05, 3.63) is 57.8 Å². The molecule has 0 spiro atoms. The molecule has 4 nitrogen and oxygen atoms in total. The summed E-state index contributed by atoms with van der Waals surface area (Å²) in [6, 6.07) is 10.2. The first-order chi connectivity index (χ1) is 12.7. The molecule has 0 bridgehead atoms. The van der Waals surface area contributed by atoms with Gasteiger partial charge in [-0.15, -0.1) is 12.4 Å². The van der Waals surface area contributed by atoms with Crippen molar-refractivity contribution in [2.45, 2.75) is 32.1 Å². The lowest BCUT2D eigenvalue weighted by molar-refractivity contribution is 0.110. The molecule has 0 radical (unpaired) electrons. The van der Waals surface area contributed by atoms with Gasteiger partial charge in [-0.2, -0.15) is 0 Å². The Morgan fingerprint density at radius 3 is 2.67 bits per heavy atom. The van der Waals surface area contributed by atoms with Gasteiger partial charge in [-0.1, -0.05) is 12.1 Å². The molecule has 1 aliphatic heterocycles. The zero-order valence-electron chi connectivity index (χ0n) is 15.2. The summed E-state index contributed by atoms with van der Waals surface area (Å²) in [5, 5.41) is 3.43. The third-order valence-corrected chi connectivity index (χ3v) is 4.90. The first-order valence-corrected chi connectivity index (χ1v) is 9.51. The second-order valence-corrected chi connectivity index (χ2v) is 7.14. The van der Waals surface area contributed by atoms with Crippen LogP contribution in [-0.4, -0.2) is 26.4 Å². The molecule has 1 saturated heterocycles. The topological polar surface area (TPSA) is 39.7 Å². The summed E-state index contributed by atoms with van der Waals surface area (Å²) in [6.07, 6.45) is 2.58. The minimum Gasteiger partial charge on any atom is -0.493 e. The van der Waals surface area contributed by atoms with Gasteiger partial charge in [0.1, 0.15) is 12.4 Å². The van der Waals surface area contributed by atoms with Crippen molar-refractivity contribution >= 4 is 28.3 Å². The molecule has 1 atom stereocenters. The number of benzene rings is 2. The van der Waals surface area contributed by atoms with Crippen molar-refractivity contribution in [1.82, 2.24) is 5.32 Å². The van der Waals surface area contributed by atoms with E-state index in [4.69, 9.17) is 14.2 Å². The predicted molar refractivity (Wildman–Crippen MR) is 109 cm³/mol. The number of rotatable bonds is 8. The van der Waals surface area contributed by atoms with Crippen LogP contribution in [0.25, 0.3) is 0 Å². The number of hydrogen-bond acceptors (Lipinski definition) is 4. The van der Waals surface area contributed by atoms with Crippen molar-refractivity contribution in [2.24, 2.45) is 0 Å². The Labute approximate surface area is 173 Å². The number of hydrogen-bond donors (Lipinski definition) is 1. The summed E-state index contributed by atoms with van der Waals surface area (Å²) >= 11 is 3.56. The normalized spacial score (nSPS) is 16.0. The monoisotopic (exact) mass is 459 g/mol. The second kappa shape index (κ2) is 10.9. The van der Waals surface area contributed by atoms with Crippen LogP contribution in [0, 0.1) is 5.82 Å². The van der Waals surface area contributed by atoms with Crippen LogP contribution >= 0.6 is 28.3 Å². The van der Waals surface area contributed by atoms with Gasteiger partial charge in [0.25, 0.3) is 0 Å². The van der Waals surface area contributed by atoms with E-state index in [1.165, 1.54) is 12.1 Å². The Kier molecular flexibility index (Phi) is 8.83. The second-order valence-electron chi connectivity index (χ2n) is 6.29. The van der Waals surface area contributed by atoms with Crippen LogP contribution < -0.4 is 14.8 Å². The molecular formula is C20H24BrClFNO3. The van der Waals surface area contributed by atoms with Gasteiger partial charge < -0.3 is 19.5 Å². The molecule has 1 unspecified atom stereocenters. The van der Waals surface area contributed by atoms with Gasteiger partial charge in [-0.25, -0.2) is 4.39 Å². The van der Waals surface area contributed by atoms with Gasteiger partial charge >= 0.3 is 0 Å². The van der Waals surface area contributed by atoms with Crippen LogP contribution in [0.15, 0.2) is 40.9 Å². The molecular weight excluding hydrogens is 437 g/mol. The van der Waals surface area contributed by atoms with E-state index in [9.17, 15) is 4.39 Å². The van der Waals surface area contributed by atoms with E-state index in [0.29, 0.717) is 24.2 Å². The van der Waals surface area contributed by atoms with Crippen LogP contribution in [0.2, 0.25) is 0 Å². The molecule has 27 heavy (non-hydrogen) atoms. The summed E-state index contributed by atoms with van der Waals surface area (Å²) in [5.74, 6) is 1.04. The molecule has 1 N–H and O–H groups in total. The maximum atomic E-state index is 13.0. The lowest BCUT2D eigenvalue weighted by Gasteiger charge is -2.16. The Hall–Kier alpha value is -1.34. The molecule has 3 rings (SSSR count). The summed E-state index contributed by atoms with van der Waals surface area (Å²) in [4.78, 5) is 0. The smallest absolute Gasteiger partial charge is 0.175 e. The van der Waals surface area contributed by atoms with E-state index in [0.717, 1.165) is 48.1 Å². The van der Waals surface area contributed by atoms with Crippen LogP contribution in [0.3, 0.4) is 0 Å². The third kappa shape index (κ3) is 6.35. The van der Waals surface area contributed by atoms with E-state index in [1.807, 2.05) is 12.1 Å². The molecule has 1 fully saturated rings.